The van der Waals surface area contributed by atoms with Crippen LogP contribution < -0.4 is 10.9 Å². The number of amides is 1. The molecule has 0 saturated carbocycles. The van der Waals surface area contributed by atoms with Crippen LogP contribution in [0.3, 0.4) is 0 Å². The number of tetrazole rings is 1. The molecule has 1 N–H and O–H groups in total. The van der Waals surface area contributed by atoms with Gasteiger partial charge in [-0.15, -0.1) is 5.10 Å². The molecule has 160 valence electrons. The zero-order valence-corrected chi connectivity index (χ0v) is 18.1. The number of nitrogens with zero attached hydrogens (tertiary/aromatic N) is 7. The summed E-state index contributed by atoms with van der Waals surface area (Å²) in [5, 5.41) is 17.9. The largest absolute Gasteiger partial charge is 0.360 e. The molecule has 0 aliphatic carbocycles. The van der Waals surface area contributed by atoms with Crippen LogP contribution in [0.2, 0.25) is 0 Å². The summed E-state index contributed by atoms with van der Waals surface area (Å²) in [6.45, 7) is 5.26. The summed E-state index contributed by atoms with van der Waals surface area (Å²) in [6, 6.07) is 10.9. The van der Waals surface area contributed by atoms with Gasteiger partial charge in [-0.1, -0.05) is 35.1 Å². The van der Waals surface area contributed by atoms with Crippen LogP contribution in [-0.4, -0.2) is 45.9 Å². The Hall–Kier alpha value is -3.67. The molecule has 3 aromatic heterocycles. The number of aromatic nitrogens is 7. The van der Waals surface area contributed by atoms with Gasteiger partial charge in [-0.05, 0) is 43.3 Å². The van der Waals surface area contributed by atoms with Gasteiger partial charge >= 0.3 is 0 Å². The maximum atomic E-state index is 13.2. The summed E-state index contributed by atoms with van der Waals surface area (Å²) in [7, 11) is 1.79. The molecule has 1 atom stereocenters. The number of carbonyl (C=O) groups is 1. The average Bonchev–Trinajstić information content (AvgIpc) is 3.42. The SMILES string of the molecule is Cc1cc(NC(=O)C(C)Sc2nnnn2-c2c(C)n(C)n(-c3ccccc3)c2=O)no1. The summed E-state index contributed by atoms with van der Waals surface area (Å²) in [5.41, 5.74) is 1.45. The summed E-state index contributed by atoms with van der Waals surface area (Å²) in [5.74, 6) is 0.632. The molecule has 0 aliphatic rings. The zero-order valence-electron chi connectivity index (χ0n) is 17.3. The lowest BCUT2D eigenvalue weighted by Gasteiger charge is -2.09. The molecule has 0 bridgehead atoms. The van der Waals surface area contributed by atoms with Gasteiger partial charge in [-0.2, -0.15) is 4.68 Å². The molecule has 0 saturated heterocycles. The van der Waals surface area contributed by atoms with Crippen molar-refractivity contribution in [1.82, 2.24) is 34.7 Å². The quantitative estimate of drug-likeness (QED) is 0.451. The van der Waals surface area contributed by atoms with E-state index in [1.165, 1.54) is 4.68 Å². The Morgan fingerprint density at radius 1 is 1.23 bits per heavy atom. The minimum Gasteiger partial charge on any atom is -0.360 e. The second kappa shape index (κ2) is 8.22. The van der Waals surface area contributed by atoms with Crippen LogP contribution in [-0.2, 0) is 11.8 Å². The second-order valence-corrected chi connectivity index (χ2v) is 8.16. The van der Waals surface area contributed by atoms with Gasteiger partial charge in [0.2, 0.25) is 11.1 Å². The van der Waals surface area contributed by atoms with Gasteiger partial charge in [-0.3, -0.25) is 14.3 Å². The minimum absolute atomic E-state index is 0.268. The molecule has 1 unspecified atom stereocenters. The van der Waals surface area contributed by atoms with Crippen LogP contribution in [0.15, 0.2) is 50.9 Å². The lowest BCUT2D eigenvalue weighted by atomic mass is 10.3. The normalized spacial score (nSPS) is 12.1. The molecular weight excluding hydrogens is 420 g/mol. The van der Waals surface area contributed by atoms with E-state index in [0.29, 0.717) is 28.1 Å². The Labute approximate surface area is 181 Å². The van der Waals surface area contributed by atoms with Crippen molar-refractivity contribution in [2.75, 3.05) is 5.32 Å². The van der Waals surface area contributed by atoms with Gasteiger partial charge in [0, 0.05) is 13.1 Å². The number of nitrogens with one attached hydrogen (secondary N) is 1. The molecule has 4 aromatic rings. The number of hydrogen-bond acceptors (Lipinski definition) is 8. The Balaban J connectivity index is 1.63. The summed E-state index contributed by atoms with van der Waals surface area (Å²) < 4.78 is 9.61. The van der Waals surface area contributed by atoms with E-state index in [1.807, 2.05) is 37.3 Å². The predicted octanol–water partition coefficient (Wildman–Crippen LogP) is 1.88. The molecule has 4 rings (SSSR count). The van der Waals surface area contributed by atoms with Crippen LogP contribution >= 0.6 is 11.8 Å². The third-order valence-electron chi connectivity index (χ3n) is 4.71. The van der Waals surface area contributed by atoms with Crippen molar-refractivity contribution in [2.24, 2.45) is 7.05 Å². The van der Waals surface area contributed by atoms with Crippen molar-refractivity contribution >= 4 is 23.5 Å². The van der Waals surface area contributed by atoms with E-state index in [2.05, 4.69) is 26.0 Å². The van der Waals surface area contributed by atoms with Gasteiger partial charge in [0.15, 0.2) is 11.5 Å². The fraction of sp³-hybridized carbons (Fsp3) is 0.263. The molecule has 0 fully saturated rings. The first-order valence-corrected chi connectivity index (χ1v) is 10.3. The summed E-state index contributed by atoms with van der Waals surface area (Å²) in [4.78, 5) is 25.8. The smallest absolute Gasteiger partial charge is 0.297 e. The molecule has 31 heavy (non-hydrogen) atoms. The molecule has 12 heteroatoms. The number of rotatable bonds is 6. The third-order valence-corrected chi connectivity index (χ3v) is 5.74. The van der Waals surface area contributed by atoms with E-state index in [1.54, 1.807) is 36.3 Å². The Morgan fingerprint density at radius 3 is 2.65 bits per heavy atom. The van der Waals surface area contributed by atoms with Crippen LogP contribution in [0, 0.1) is 13.8 Å². The van der Waals surface area contributed by atoms with Gasteiger partial charge < -0.3 is 9.84 Å². The van der Waals surface area contributed by atoms with Gasteiger partial charge in [-0.25, -0.2) is 4.68 Å². The first kappa shape index (κ1) is 20.6. The second-order valence-electron chi connectivity index (χ2n) is 6.86. The minimum atomic E-state index is -0.554. The molecule has 1 aromatic carbocycles. The fourth-order valence-electron chi connectivity index (χ4n) is 3.06. The van der Waals surface area contributed by atoms with E-state index in [9.17, 15) is 9.59 Å². The lowest BCUT2D eigenvalue weighted by molar-refractivity contribution is -0.115. The van der Waals surface area contributed by atoms with Crippen molar-refractivity contribution in [3.05, 3.63) is 58.2 Å². The maximum Gasteiger partial charge on any atom is 0.297 e. The molecule has 3 heterocycles. The van der Waals surface area contributed by atoms with Crippen LogP contribution in [0.25, 0.3) is 11.4 Å². The van der Waals surface area contributed by atoms with Crippen LogP contribution in [0.5, 0.6) is 0 Å². The molecule has 0 aliphatic heterocycles. The van der Waals surface area contributed by atoms with Crippen molar-refractivity contribution < 1.29 is 9.32 Å². The zero-order chi connectivity index (χ0) is 22.1. The standard InChI is InChI=1S/C19H20N8O3S/c1-11-10-15(22-30-11)20-17(28)13(3)31-19-21-23-24-26(19)16-12(2)25(4)27(18(16)29)14-8-6-5-7-9-14/h5-10,13H,1-4H3,(H,20,22,28). The van der Waals surface area contributed by atoms with Gasteiger partial charge in [0.05, 0.1) is 16.6 Å². The number of benzene rings is 1. The number of thioether (sulfide) groups is 1. The number of hydrogen-bond donors (Lipinski definition) is 1. The molecule has 1 amide bonds. The highest BCUT2D eigenvalue weighted by Gasteiger charge is 2.25. The van der Waals surface area contributed by atoms with Crippen molar-refractivity contribution in [1.29, 1.82) is 0 Å². The first-order valence-electron chi connectivity index (χ1n) is 9.40. The van der Waals surface area contributed by atoms with E-state index in [-0.39, 0.29) is 11.5 Å². The lowest BCUT2D eigenvalue weighted by Crippen LogP contribution is -2.24. The Bertz CT molecular complexity index is 1290. The van der Waals surface area contributed by atoms with E-state index < -0.39 is 5.25 Å². The van der Waals surface area contributed by atoms with Gasteiger partial charge in [0.25, 0.3) is 5.56 Å². The molecule has 0 spiro atoms. The van der Waals surface area contributed by atoms with Crippen LogP contribution in [0.4, 0.5) is 5.82 Å². The Morgan fingerprint density at radius 2 is 1.97 bits per heavy atom. The number of anilines is 1. The van der Waals surface area contributed by atoms with Gasteiger partial charge in [0.1, 0.15) is 5.76 Å². The first-order chi connectivity index (χ1) is 14.9. The Kier molecular flexibility index (Phi) is 5.46. The third kappa shape index (κ3) is 3.89. The van der Waals surface area contributed by atoms with Crippen molar-refractivity contribution in [2.45, 2.75) is 31.2 Å². The topological polar surface area (TPSA) is 126 Å². The molecule has 0 radical (unpaired) electrons. The predicted molar refractivity (Wildman–Crippen MR) is 114 cm³/mol. The highest BCUT2D eigenvalue weighted by Crippen LogP contribution is 2.24. The number of para-hydroxylation sites is 1. The maximum absolute atomic E-state index is 13.2. The van der Waals surface area contributed by atoms with Crippen molar-refractivity contribution in [3.63, 3.8) is 0 Å². The van der Waals surface area contributed by atoms with E-state index in [4.69, 9.17) is 4.52 Å². The molecular formula is C19H20N8O3S. The average molecular weight is 440 g/mol. The highest BCUT2D eigenvalue weighted by molar-refractivity contribution is 8.00. The van der Waals surface area contributed by atoms with Crippen LogP contribution in [0.1, 0.15) is 18.4 Å². The monoisotopic (exact) mass is 440 g/mol. The number of aryl methyl sites for hydroxylation is 1. The number of carbonyl (C=O) groups excluding carboxylic acids is 1. The highest BCUT2D eigenvalue weighted by atomic mass is 32.2. The summed E-state index contributed by atoms with van der Waals surface area (Å²) >= 11 is 1.13. The van der Waals surface area contributed by atoms with E-state index in [0.717, 1.165) is 17.4 Å². The summed E-state index contributed by atoms with van der Waals surface area (Å²) in [6.07, 6.45) is 0. The molecule has 11 nitrogen and oxygen atoms in total. The fourth-order valence-corrected chi connectivity index (χ4v) is 3.85. The van der Waals surface area contributed by atoms with Crippen molar-refractivity contribution in [3.8, 4) is 11.4 Å². The van der Waals surface area contributed by atoms with E-state index >= 15 is 0 Å².